The van der Waals surface area contributed by atoms with E-state index >= 15 is 0 Å². The molecule has 0 saturated carbocycles. The fourth-order valence-corrected chi connectivity index (χ4v) is 6.33. The molecule has 21 heteroatoms. The number of aromatic hydroxyl groups is 4. The number of phenolic OH excluding ortho intramolecular Hbond substituents is 4. The van der Waals surface area contributed by atoms with E-state index in [0.717, 1.165) is 24.3 Å². The van der Waals surface area contributed by atoms with E-state index in [2.05, 4.69) is 0 Å². The molecule has 0 aliphatic carbocycles. The van der Waals surface area contributed by atoms with Crippen LogP contribution in [-0.2, 0) is 23.7 Å². The highest BCUT2D eigenvalue weighted by molar-refractivity contribution is 5.88. The molecule has 3 aliphatic heterocycles. The lowest BCUT2D eigenvalue weighted by atomic mass is 9.96. The molecule has 21 nitrogen and oxygen atoms in total. The summed E-state index contributed by atoms with van der Waals surface area (Å²) in [5, 5.41) is 134. The van der Waals surface area contributed by atoms with E-state index in [9.17, 15) is 71.2 Å². The molecule has 2 aromatic carbocycles. The molecule has 3 fully saturated rings. The average Bonchev–Trinajstić information content (AvgIpc) is 3.13. The first-order valence-electron chi connectivity index (χ1n) is 16.5. The zero-order valence-corrected chi connectivity index (χ0v) is 28.0. The third kappa shape index (κ3) is 7.39. The van der Waals surface area contributed by atoms with Crippen LogP contribution in [0.1, 0.15) is 6.92 Å². The van der Waals surface area contributed by atoms with Crippen molar-refractivity contribution in [1.82, 2.24) is 0 Å². The first-order valence-corrected chi connectivity index (χ1v) is 16.5. The molecule has 54 heavy (non-hydrogen) atoms. The maximum atomic E-state index is 13.9. The maximum absolute atomic E-state index is 13.9. The van der Waals surface area contributed by atoms with Gasteiger partial charge in [-0.15, -0.1) is 0 Å². The number of benzene rings is 2. The zero-order chi connectivity index (χ0) is 39.3. The van der Waals surface area contributed by atoms with E-state index in [1.807, 2.05) is 0 Å². The summed E-state index contributed by atoms with van der Waals surface area (Å²) < 4.78 is 39.8. The first kappa shape index (κ1) is 39.8. The molecule has 0 spiro atoms. The minimum Gasteiger partial charge on any atom is -0.508 e. The first-order chi connectivity index (χ1) is 25.5. The van der Waals surface area contributed by atoms with Crippen molar-refractivity contribution in [1.29, 1.82) is 0 Å². The largest absolute Gasteiger partial charge is 0.508 e. The van der Waals surface area contributed by atoms with Gasteiger partial charge in [-0.1, -0.05) is 0 Å². The van der Waals surface area contributed by atoms with E-state index in [4.69, 9.17) is 32.8 Å². The number of aliphatic hydroxyl groups is 9. The molecular weight excluding hydrogens is 732 g/mol. The van der Waals surface area contributed by atoms with Gasteiger partial charge in [0.25, 0.3) is 0 Å². The van der Waals surface area contributed by atoms with Crippen LogP contribution in [0.15, 0.2) is 39.5 Å². The van der Waals surface area contributed by atoms with Gasteiger partial charge in [0.2, 0.25) is 17.5 Å². The monoisotopic (exact) mass is 772 g/mol. The summed E-state index contributed by atoms with van der Waals surface area (Å²) in [7, 11) is 0. The Kier molecular flexibility index (Phi) is 11.5. The van der Waals surface area contributed by atoms with Crippen LogP contribution < -0.4 is 10.2 Å². The van der Waals surface area contributed by atoms with Crippen molar-refractivity contribution in [2.24, 2.45) is 0 Å². The van der Waals surface area contributed by atoms with Crippen LogP contribution in [0.25, 0.3) is 22.3 Å². The highest BCUT2D eigenvalue weighted by Crippen LogP contribution is 2.40. The summed E-state index contributed by atoms with van der Waals surface area (Å²) >= 11 is 0. The van der Waals surface area contributed by atoms with Crippen molar-refractivity contribution in [2.75, 3.05) is 13.2 Å². The predicted molar refractivity (Wildman–Crippen MR) is 173 cm³/mol. The molecular formula is C33H40O21. The molecule has 13 N–H and O–H groups in total. The van der Waals surface area contributed by atoms with Crippen LogP contribution in [0.4, 0.5) is 0 Å². The Morgan fingerprint density at radius 2 is 1.31 bits per heavy atom. The summed E-state index contributed by atoms with van der Waals surface area (Å²) in [6.45, 7) is -0.219. The smallest absolute Gasteiger partial charge is 0.239 e. The standard InChI is InChI=1S/C33H40O21/c1-9-19(39)22(42)25(45)31(49-9)48-8-17-29(53-32-26(46)23(43)20(40)16(7-34)51-32)24(44)27(47)33(52-17)54-30-21(41)18-14(38)5-11(35)6-15(18)50-28(30)10-2-3-12(36)13(37)4-10/h2-6,9,16-17,19-20,22-27,29,31-40,42-47H,7-8H2,1H3/t9-,16-,17+,19-,20-,22+,23+,24+,25+,26-,27+,29+,31+,32+,33-/m0/s1. The van der Waals surface area contributed by atoms with Gasteiger partial charge in [0.15, 0.2) is 29.8 Å². The second kappa shape index (κ2) is 15.7. The topological polar surface area (TPSA) is 349 Å². The maximum Gasteiger partial charge on any atom is 0.239 e. The molecule has 0 bridgehead atoms. The molecule has 3 aromatic rings. The van der Waals surface area contributed by atoms with Crippen molar-refractivity contribution in [3.63, 3.8) is 0 Å². The fraction of sp³-hybridized carbons (Fsp3) is 0.545. The van der Waals surface area contributed by atoms with Crippen LogP contribution in [-0.4, -0.2) is 172 Å². The molecule has 3 saturated heterocycles. The molecule has 298 valence electrons. The summed E-state index contributed by atoms with van der Waals surface area (Å²) in [5.74, 6) is -3.72. The number of hydrogen-bond donors (Lipinski definition) is 13. The molecule has 0 amide bonds. The van der Waals surface area contributed by atoms with Crippen LogP contribution in [0, 0.1) is 0 Å². The lowest BCUT2D eigenvalue weighted by molar-refractivity contribution is -0.359. The number of hydrogen-bond acceptors (Lipinski definition) is 21. The molecule has 3 aliphatic rings. The minimum absolute atomic E-state index is 0.102. The SMILES string of the molecule is C[C@@H]1O[C@@H](OC[C@H]2O[C@@H](Oc3c(-c4ccc(O)c(O)c4)oc4cc(O)cc(O)c4c3=O)[C@H](O)[C@@H](O)[C@@H]2O[C@H]2O[C@@H](CO)[C@H](O)[C@@H](O)[C@@H]2O)[C@H](O)[C@H](O)[C@H]1O. The van der Waals surface area contributed by atoms with Crippen LogP contribution in [0.3, 0.4) is 0 Å². The van der Waals surface area contributed by atoms with Crippen molar-refractivity contribution < 1.29 is 99.2 Å². The molecule has 15 atom stereocenters. The van der Waals surface area contributed by atoms with Gasteiger partial charge in [0, 0.05) is 17.7 Å². The van der Waals surface area contributed by atoms with Crippen molar-refractivity contribution in [3.8, 4) is 40.1 Å². The molecule has 1 aromatic heterocycles. The van der Waals surface area contributed by atoms with E-state index < -0.39 is 151 Å². The van der Waals surface area contributed by atoms with Gasteiger partial charge in [-0.05, 0) is 25.1 Å². The molecule has 0 unspecified atom stereocenters. The Morgan fingerprint density at radius 3 is 2.00 bits per heavy atom. The second-order valence-corrected chi connectivity index (χ2v) is 13.1. The zero-order valence-electron chi connectivity index (χ0n) is 28.0. The van der Waals surface area contributed by atoms with Crippen LogP contribution >= 0.6 is 0 Å². The van der Waals surface area contributed by atoms with Crippen LogP contribution in [0.5, 0.6) is 28.7 Å². The Morgan fingerprint density at radius 1 is 0.667 bits per heavy atom. The Bertz CT molecular complexity index is 1850. The van der Waals surface area contributed by atoms with Crippen molar-refractivity contribution in [3.05, 3.63) is 40.6 Å². The Labute approximate surface area is 303 Å². The van der Waals surface area contributed by atoms with Gasteiger partial charge < -0.3 is 99.2 Å². The van der Waals surface area contributed by atoms with Crippen molar-refractivity contribution in [2.45, 2.75) is 99.0 Å². The third-order valence-corrected chi connectivity index (χ3v) is 9.40. The Balaban J connectivity index is 1.37. The summed E-state index contributed by atoms with van der Waals surface area (Å²) in [6.07, 6.45) is -26.5. The van der Waals surface area contributed by atoms with E-state index in [-0.39, 0.29) is 11.1 Å². The van der Waals surface area contributed by atoms with Crippen LogP contribution in [0.2, 0.25) is 0 Å². The fourth-order valence-electron chi connectivity index (χ4n) is 6.33. The number of rotatable bonds is 9. The van der Waals surface area contributed by atoms with Gasteiger partial charge in [0.05, 0.1) is 19.3 Å². The average molecular weight is 773 g/mol. The number of ether oxygens (including phenoxy) is 6. The lowest BCUT2D eigenvalue weighted by Crippen LogP contribution is -2.65. The normalized spacial score (nSPS) is 37.3. The van der Waals surface area contributed by atoms with Gasteiger partial charge >= 0.3 is 0 Å². The number of phenols is 4. The quantitative estimate of drug-likeness (QED) is 0.0925. The van der Waals surface area contributed by atoms with Crippen molar-refractivity contribution >= 4 is 11.0 Å². The molecule has 0 radical (unpaired) electrons. The molecule has 4 heterocycles. The van der Waals surface area contributed by atoms with E-state index in [1.54, 1.807) is 0 Å². The number of fused-ring (bicyclic) bond motifs is 1. The van der Waals surface area contributed by atoms with E-state index in [0.29, 0.717) is 0 Å². The third-order valence-electron chi connectivity index (χ3n) is 9.40. The highest BCUT2D eigenvalue weighted by atomic mass is 16.8. The second-order valence-electron chi connectivity index (χ2n) is 13.1. The van der Waals surface area contributed by atoms with E-state index in [1.165, 1.54) is 13.0 Å². The number of aliphatic hydroxyl groups excluding tert-OH is 9. The lowest BCUT2D eigenvalue weighted by Gasteiger charge is -2.46. The van der Waals surface area contributed by atoms with Gasteiger partial charge in [-0.3, -0.25) is 4.79 Å². The van der Waals surface area contributed by atoms with Gasteiger partial charge in [0.1, 0.15) is 89.6 Å². The summed E-state index contributed by atoms with van der Waals surface area (Å²) in [5.41, 5.74) is -1.56. The Hall–Kier alpha value is -3.91. The minimum atomic E-state index is -2.16. The molecule has 6 rings (SSSR count). The summed E-state index contributed by atoms with van der Waals surface area (Å²) in [4.78, 5) is 13.9. The van der Waals surface area contributed by atoms with Gasteiger partial charge in [-0.25, -0.2) is 0 Å². The summed E-state index contributed by atoms with van der Waals surface area (Å²) in [6, 6.07) is 5.04. The van der Waals surface area contributed by atoms with Gasteiger partial charge in [-0.2, -0.15) is 0 Å². The predicted octanol–water partition coefficient (Wildman–Crippen LogP) is -3.86. The highest BCUT2D eigenvalue weighted by Gasteiger charge is 2.52.